The highest BCUT2D eigenvalue weighted by Crippen LogP contribution is 2.20. The fourth-order valence-electron chi connectivity index (χ4n) is 1.98. The lowest BCUT2D eigenvalue weighted by Gasteiger charge is -2.08. The molecule has 0 saturated heterocycles. The Hall–Kier alpha value is -2.69. The average Bonchev–Trinajstić information content (AvgIpc) is 2.47. The van der Waals surface area contributed by atoms with Gasteiger partial charge in [-0.25, -0.2) is 4.79 Å². The van der Waals surface area contributed by atoms with Crippen LogP contribution < -0.4 is 0 Å². The molecule has 0 unspecified atom stereocenters. The lowest BCUT2D eigenvalue weighted by atomic mass is 10.1. The van der Waals surface area contributed by atoms with Crippen molar-refractivity contribution in [2.45, 2.75) is 20.5 Å². The van der Waals surface area contributed by atoms with Crippen molar-refractivity contribution in [1.29, 1.82) is 0 Å². The van der Waals surface area contributed by atoms with Crippen molar-refractivity contribution in [3.8, 4) is 0 Å². The fourth-order valence-corrected chi connectivity index (χ4v) is 1.98. The normalized spacial score (nSPS) is 10.2. The fraction of sp³-hybridized carbons (Fsp3) is 0.188. The Morgan fingerprint density at radius 1 is 1.19 bits per heavy atom. The molecular formula is C16H15NO4. The van der Waals surface area contributed by atoms with Gasteiger partial charge >= 0.3 is 5.97 Å². The smallest absolute Gasteiger partial charge is 0.345 e. The molecule has 0 aliphatic rings. The topological polar surface area (TPSA) is 69.4 Å². The second kappa shape index (κ2) is 6.17. The number of carbonyl (C=O) groups excluding carboxylic acids is 1. The summed E-state index contributed by atoms with van der Waals surface area (Å²) in [6.45, 7) is 3.97. The molecule has 0 aromatic heterocycles. The van der Waals surface area contributed by atoms with Gasteiger partial charge in [-0.1, -0.05) is 35.9 Å². The summed E-state index contributed by atoms with van der Waals surface area (Å²) in [4.78, 5) is 22.3. The average molecular weight is 285 g/mol. The molecule has 2 aromatic carbocycles. The summed E-state index contributed by atoms with van der Waals surface area (Å²) in [5.41, 5.74) is 2.69. The van der Waals surface area contributed by atoms with Gasteiger partial charge in [0.1, 0.15) is 12.2 Å². The van der Waals surface area contributed by atoms with Gasteiger partial charge in [0, 0.05) is 6.07 Å². The SMILES string of the molecule is Cc1ccc(C)c(COC(=O)c2ccccc2[N+](=O)[O-])c1. The van der Waals surface area contributed by atoms with Crippen LogP contribution in [0.3, 0.4) is 0 Å². The minimum absolute atomic E-state index is 0.0344. The Bertz CT molecular complexity index is 694. The highest BCUT2D eigenvalue weighted by Gasteiger charge is 2.20. The van der Waals surface area contributed by atoms with E-state index in [4.69, 9.17) is 4.74 Å². The van der Waals surface area contributed by atoms with Crippen LogP contribution in [0.4, 0.5) is 5.69 Å². The lowest BCUT2D eigenvalue weighted by Crippen LogP contribution is -2.08. The monoisotopic (exact) mass is 285 g/mol. The Morgan fingerprint density at radius 2 is 1.90 bits per heavy atom. The van der Waals surface area contributed by atoms with E-state index in [9.17, 15) is 14.9 Å². The molecule has 2 rings (SSSR count). The van der Waals surface area contributed by atoms with Gasteiger partial charge in [-0.3, -0.25) is 10.1 Å². The molecule has 0 aliphatic carbocycles. The molecular weight excluding hydrogens is 270 g/mol. The van der Waals surface area contributed by atoms with E-state index in [-0.39, 0.29) is 17.9 Å². The molecule has 2 aromatic rings. The van der Waals surface area contributed by atoms with Crippen molar-refractivity contribution in [2.75, 3.05) is 0 Å². The van der Waals surface area contributed by atoms with Crippen LogP contribution in [-0.2, 0) is 11.3 Å². The van der Waals surface area contributed by atoms with Gasteiger partial charge in [-0.05, 0) is 31.0 Å². The molecule has 5 heteroatoms. The molecule has 0 N–H and O–H groups in total. The summed E-state index contributed by atoms with van der Waals surface area (Å²) in [5, 5.41) is 10.9. The number of benzene rings is 2. The number of ether oxygens (including phenoxy) is 1. The van der Waals surface area contributed by atoms with Crippen LogP contribution in [0, 0.1) is 24.0 Å². The molecule has 21 heavy (non-hydrogen) atoms. The summed E-state index contributed by atoms with van der Waals surface area (Å²) in [7, 11) is 0. The maximum absolute atomic E-state index is 12.0. The standard InChI is InChI=1S/C16H15NO4/c1-11-7-8-12(2)13(9-11)10-21-16(18)14-5-3-4-6-15(14)17(19)20/h3-9H,10H2,1-2H3. The summed E-state index contributed by atoms with van der Waals surface area (Å²) in [6, 6.07) is 11.6. The van der Waals surface area contributed by atoms with E-state index in [1.165, 1.54) is 18.2 Å². The highest BCUT2D eigenvalue weighted by molar-refractivity contribution is 5.93. The third-order valence-corrected chi connectivity index (χ3v) is 3.18. The Kier molecular flexibility index (Phi) is 4.33. The van der Waals surface area contributed by atoms with Gasteiger partial charge in [0.15, 0.2) is 0 Å². The maximum atomic E-state index is 12.0. The Labute approximate surface area is 122 Å². The van der Waals surface area contributed by atoms with Gasteiger partial charge in [-0.2, -0.15) is 0 Å². The quantitative estimate of drug-likeness (QED) is 0.489. The molecule has 0 radical (unpaired) electrons. The molecule has 0 atom stereocenters. The number of esters is 1. The minimum Gasteiger partial charge on any atom is -0.457 e. The van der Waals surface area contributed by atoms with Gasteiger partial charge < -0.3 is 4.74 Å². The van der Waals surface area contributed by atoms with Crippen molar-refractivity contribution in [3.05, 3.63) is 74.8 Å². The summed E-state index contributed by atoms with van der Waals surface area (Å²) in [6.07, 6.45) is 0. The zero-order valence-corrected chi connectivity index (χ0v) is 11.8. The number of nitrogens with zero attached hydrogens (tertiary/aromatic N) is 1. The van der Waals surface area contributed by atoms with Gasteiger partial charge in [0.2, 0.25) is 0 Å². The molecule has 108 valence electrons. The number of hydrogen-bond acceptors (Lipinski definition) is 4. The third-order valence-electron chi connectivity index (χ3n) is 3.18. The molecule has 0 bridgehead atoms. The van der Waals surface area contributed by atoms with Crippen LogP contribution in [0.25, 0.3) is 0 Å². The highest BCUT2D eigenvalue weighted by atomic mass is 16.6. The van der Waals surface area contributed by atoms with E-state index in [1.54, 1.807) is 6.07 Å². The minimum atomic E-state index is -0.691. The van der Waals surface area contributed by atoms with E-state index >= 15 is 0 Å². The van der Waals surface area contributed by atoms with Crippen LogP contribution in [0.5, 0.6) is 0 Å². The van der Waals surface area contributed by atoms with E-state index in [0.717, 1.165) is 16.7 Å². The first-order valence-corrected chi connectivity index (χ1v) is 6.45. The van der Waals surface area contributed by atoms with Crippen LogP contribution in [0.2, 0.25) is 0 Å². The van der Waals surface area contributed by atoms with Crippen molar-refractivity contribution >= 4 is 11.7 Å². The number of nitro benzene ring substituents is 1. The number of hydrogen-bond donors (Lipinski definition) is 0. The van der Waals surface area contributed by atoms with E-state index in [2.05, 4.69) is 0 Å². The molecule has 5 nitrogen and oxygen atoms in total. The summed E-state index contributed by atoms with van der Waals surface area (Å²) >= 11 is 0. The van der Waals surface area contributed by atoms with Crippen LogP contribution in [-0.4, -0.2) is 10.9 Å². The van der Waals surface area contributed by atoms with Crippen molar-refractivity contribution < 1.29 is 14.5 Å². The number of para-hydroxylation sites is 1. The van der Waals surface area contributed by atoms with E-state index in [1.807, 2.05) is 32.0 Å². The zero-order chi connectivity index (χ0) is 15.4. The van der Waals surface area contributed by atoms with Crippen molar-refractivity contribution in [2.24, 2.45) is 0 Å². The van der Waals surface area contributed by atoms with Crippen molar-refractivity contribution in [3.63, 3.8) is 0 Å². The molecule has 0 spiro atoms. The number of carbonyl (C=O) groups is 1. The van der Waals surface area contributed by atoms with Gasteiger partial charge in [0.05, 0.1) is 4.92 Å². The Morgan fingerprint density at radius 3 is 2.62 bits per heavy atom. The van der Waals surface area contributed by atoms with Crippen LogP contribution in [0.1, 0.15) is 27.0 Å². The van der Waals surface area contributed by atoms with Gasteiger partial charge in [-0.15, -0.1) is 0 Å². The first kappa shape index (κ1) is 14.7. The van der Waals surface area contributed by atoms with E-state index < -0.39 is 10.9 Å². The van der Waals surface area contributed by atoms with Crippen LogP contribution in [0.15, 0.2) is 42.5 Å². The zero-order valence-electron chi connectivity index (χ0n) is 11.8. The summed E-state index contributed by atoms with van der Waals surface area (Å²) < 4.78 is 5.20. The van der Waals surface area contributed by atoms with E-state index in [0.29, 0.717) is 0 Å². The predicted octanol–water partition coefficient (Wildman–Crippen LogP) is 3.57. The van der Waals surface area contributed by atoms with Crippen LogP contribution >= 0.6 is 0 Å². The molecule has 0 saturated carbocycles. The lowest BCUT2D eigenvalue weighted by molar-refractivity contribution is -0.385. The van der Waals surface area contributed by atoms with Crippen molar-refractivity contribution in [1.82, 2.24) is 0 Å². The molecule has 0 amide bonds. The second-order valence-corrected chi connectivity index (χ2v) is 4.78. The number of rotatable bonds is 4. The second-order valence-electron chi connectivity index (χ2n) is 4.78. The summed E-state index contributed by atoms with van der Waals surface area (Å²) in [5.74, 6) is -0.691. The maximum Gasteiger partial charge on any atom is 0.345 e. The molecule has 0 aliphatic heterocycles. The number of nitro groups is 1. The largest absolute Gasteiger partial charge is 0.457 e. The predicted molar refractivity (Wildman–Crippen MR) is 78.1 cm³/mol. The first-order valence-electron chi connectivity index (χ1n) is 6.45. The third kappa shape index (κ3) is 3.45. The molecule has 0 heterocycles. The molecule has 0 fully saturated rings. The first-order chi connectivity index (χ1) is 9.99. The number of aryl methyl sites for hydroxylation is 2. The Balaban J connectivity index is 2.16. The van der Waals surface area contributed by atoms with Gasteiger partial charge in [0.25, 0.3) is 5.69 Å².